The van der Waals surface area contributed by atoms with E-state index >= 15 is 0 Å². The van der Waals surface area contributed by atoms with Gasteiger partial charge in [0.15, 0.2) is 0 Å². The molecule has 0 radical (unpaired) electrons. The number of rotatable bonds is 2. The molecule has 0 spiro atoms. The van der Waals surface area contributed by atoms with E-state index < -0.39 is 17.3 Å². The van der Waals surface area contributed by atoms with E-state index in [1.165, 1.54) is 35.0 Å². The number of nitrogens with zero attached hydrogens (tertiary/aromatic N) is 2. The zero-order valence-electron chi connectivity index (χ0n) is 13.7. The van der Waals surface area contributed by atoms with Crippen LogP contribution in [-0.2, 0) is 0 Å². The van der Waals surface area contributed by atoms with Gasteiger partial charge in [-0.05, 0) is 42.8 Å². The highest BCUT2D eigenvalue weighted by molar-refractivity contribution is 6.04. The molecule has 0 aliphatic carbocycles. The predicted octanol–water partition coefficient (Wildman–Crippen LogP) is 3.68. The third-order valence-electron chi connectivity index (χ3n) is 4.35. The summed E-state index contributed by atoms with van der Waals surface area (Å²) in [5.74, 6) is -1.63. The third kappa shape index (κ3) is 2.43. The number of fused-ring (bicyclic) bond motifs is 2. The Morgan fingerprint density at radius 1 is 1.12 bits per heavy atom. The van der Waals surface area contributed by atoms with E-state index in [4.69, 9.17) is 0 Å². The number of aryl methyl sites for hydroxylation is 1. The van der Waals surface area contributed by atoms with Gasteiger partial charge in [0.05, 0.1) is 16.4 Å². The first-order valence-corrected chi connectivity index (χ1v) is 7.90. The molecule has 4 aromatic rings. The average molecular weight is 348 g/mol. The summed E-state index contributed by atoms with van der Waals surface area (Å²) in [5, 5.41) is 10.6. The van der Waals surface area contributed by atoms with E-state index in [1.807, 2.05) is 25.1 Å². The smallest absolute Gasteiger partial charge is 0.339 e. The number of pyridine rings is 2. The lowest BCUT2D eigenvalue weighted by Crippen LogP contribution is -2.21. The Labute approximate surface area is 147 Å². The van der Waals surface area contributed by atoms with Crippen molar-refractivity contribution in [1.29, 1.82) is 0 Å². The van der Waals surface area contributed by atoms with Crippen molar-refractivity contribution in [2.45, 2.75) is 6.92 Å². The SMILES string of the molecule is Cc1cccc2cc3c(=O)n(-c4ccc(F)cc4)cc(C(=O)O)c3nc12. The summed E-state index contributed by atoms with van der Waals surface area (Å²) in [6.45, 7) is 1.88. The number of carbonyl (C=O) groups is 1. The van der Waals surface area contributed by atoms with Crippen LogP contribution in [-0.4, -0.2) is 20.6 Å². The first-order valence-electron chi connectivity index (χ1n) is 7.90. The lowest BCUT2D eigenvalue weighted by molar-refractivity contribution is 0.0698. The number of benzene rings is 2. The second kappa shape index (κ2) is 5.77. The molecular weight excluding hydrogens is 335 g/mol. The molecule has 6 heteroatoms. The zero-order chi connectivity index (χ0) is 18.4. The normalized spacial score (nSPS) is 11.2. The van der Waals surface area contributed by atoms with E-state index in [1.54, 1.807) is 6.07 Å². The number of hydrogen-bond donors (Lipinski definition) is 1. The Morgan fingerprint density at radius 3 is 2.54 bits per heavy atom. The highest BCUT2D eigenvalue weighted by atomic mass is 19.1. The summed E-state index contributed by atoms with van der Waals surface area (Å²) in [6.07, 6.45) is 1.23. The molecule has 0 saturated heterocycles. The van der Waals surface area contributed by atoms with Gasteiger partial charge in [-0.1, -0.05) is 18.2 Å². The second-order valence-electron chi connectivity index (χ2n) is 6.03. The van der Waals surface area contributed by atoms with Crippen molar-refractivity contribution in [2.75, 3.05) is 0 Å². The van der Waals surface area contributed by atoms with Gasteiger partial charge in [-0.2, -0.15) is 0 Å². The highest BCUT2D eigenvalue weighted by Crippen LogP contribution is 2.23. The maximum atomic E-state index is 13.2. The topological polar surface area (TPSA) is 72.2 Å². The molecule has 2 aromatic carbocycles. The molecule has 0 aliphatic rings. The van der Waals surface area contributed by atoms with E-state index in [0.717, 1.165) is 10.9 Å². The lowest BCUT2D eigenvalue weighted by Gasteiger charge is -2.11. The number of carboxylic acid groups (broad SMARTS) is 1. The maximum absolute atomic E-state index is 13.2. The molecule has 0 atom stereocenters. The fourth-order valence-electron chi connectivity index (χ4n) is 3.04. The second-order valence-corrected chi connectivity index (χ2v) is 6.03. The Balaban J connectivity index is 2.15. The van der Waals surface area contributed by atoms with E-state index in [2.05, 4.69) is 4.98 Å². The van der Waals surface area contributed by atoms with Crippen LogP contribution in [0.5, 0.6) is 0 Å². The number of hydrogen-bond acceptors (Lipinski definition) is 3. The number of aromatic carboxylic acids is 1. The van der Waals surface area contributed by atoms with Crippen molar-refractivity contribution in [3.05, 3.63) is 82.0 Å². The van der Waals surface area contributed by atoms with Gasteiger partial charge in [0.1, 0.15) is 11.4 Å². The molecular formula is C20H13FN2O3. The van der Waals surface area contributed by atoms with Crippen LogP contribution in [0.4, 0.5) is 4.39 Å². The van der Waals surface area contributed by atoms with Gasteiger partial charge in [0, 0.05) is 17.3 Å². The quantitative estimate of drug-likeness (QED) is 0.561. The van der Waals surface area contributed by atoms with Crippen LogP contribution in [0.15, 0.2) is 59.5 Å². The van der Waals surface area contributed by atoms with Gasteiger partial charge in [-0.3, -0.25) is 9.36 Å². The Bertz CT molecular complexity index is 1240. The first kappa shape index (κ1) is 16.0. The highest BCUT2D eigenvalue weighted by Gasteiger charge is 2.17. The molecule has 128 valence electrons. The average Bonchev–Trinajstić information content (AvgIpc) is 2.62. The molecule has 0 amide bonds. The van der Waals surface area contributed by atoms with E-state index in [-0.39, 0.29) is 16.5 Å². The number of halogens is 1. The van der Waals surface area contributed by atoms with E-state index in [0.29, 0.717) is 11.2 Å². The van der Waals surface area contributed by atoms with Crippen molar-refractivity contribution in [1.82, 2.24) is 9.55 Å². The largest absolute Gasteiger partial charge is 0.478 e. The van der Waals surface area contributed by atoms with Crippen LogP contribution >= 0.6 is 0 Å². The van der Waals surface area contributed by atoms with Gasteiger partial charge in [0.25, 0.3) is 5.56 Å². The number of aromatic nitrogens is 2. The van der Waals surface area contributed by atoms with Crippen LogP contribution in [0.25, 0.3) is 27.5 Å². The minimum Gasteiger partial charge on any atom is -0.478 e. The van der Waals surface area contributed by atoms with Gasteiger partial charge >= 0.3 is 5.97 Å². The minimum atomic E-state index is -1.19. The molecule has 0 unspecified atom stereocenters. The fourth-order valence-corrected chi connectivity index (χ4v) is 3.04. The molecule has 0 saturated carbocycles. The number of carboxylic acids is 1. The van der Waals surface area contributed by atoms with Crippen molar-refractivity contribution in [3.63, 3.8) is 0 Å². The standard InChI is InChI=1S/C20H13FN2O3/c1-11-3-2-4-12-9-15-18(22-17(11)12)16(20(25)26)10-23(19(15)24)14-7-5-13(21)6-8-14/h2-10H,1H3,(H,25,26). The molecule has 0 bridgehead atoms. The third-order valence-corrected chi connectivity index (χ3v) is 4.35. The molecule has 4 rings (SSSR count). The van der Waals surface area contributed by atoms with Crippen LogP contribution in [0.1, 0.15) is 15.9 Å². The van der Waals surface area contributed by atoms with Crippen LogP contribution in [0.2, 0.25) is 0 Å². The monoisotopic (exact) mass is 348 g/mol. The summed E-state index contributed by atoms with van der Waals surface area (Å²) in [6, 6.07) is 12.5. The zero-order valence-corrected chi connectivity index (χ0v) is 13.7. The van der Waals surface area contributed by atoms with Gasteiger partial charge in [0.2, 0.25) is 0 Å². The van der Waals surface area contributed by atoms with Crippen LogP contribution < -0.4 is 5.56 Å². The van der Waals surface area contributed by atoms with E-state index in [9.17, 15) is 19.1 Å². The van der Waals surface area contributed by atoms with Crippen molar-refractivity contribution >= 4 is 27.8 Å². The van der Waals surface area contributed by atoms with Crippen LogP contribution in [0.3, 0.4) is 0 Å². The Kier molecular flexibility index (Phi) is 3.54. The van der Waals surface area contributed by atoms with Gasteiger partial charge in [-0.15, -0.1) is 0 Å². The molecule has 2 heterocycles. The first-order chi connectivity index (χ1) is 12.5. The fraction of sp³-hybridized carbons (Fsp3) is 0.0500. The summed E-state index contributed by atoms with van der Waals surface area (Å²) in [4.78, 5) is 29.2. The van der Waals surface area contributed by atoms with Crippen molar-refractivity contribution < 1.29 is 14.3 Å². The Morgan fingerprint density at radius 2 is 1.85 bits per heavy atom. The van der Waals surface area contributed by atoms with Crippen LogP contribution in [0, 0.1) is 12.7 Å². The van der Waals surface area contributed by atoms with Gasteiger partial charge < -0.3 is 5.11 Å². The predicted molar refractivity (Wildman–Crippen MR) is 96.5 cm³/mol. The van der Waals surface area contributed by atoms with Crippen molar-refractivity contribution in [3.8, 4) is 5.69 Å². The van der Waals surface area contributed by atoms with Crippen molar-refractivity contribution in [2.24, 2.45) is 0 Å². The summed E-state index contributed by atoms with van der Waals surface area (Å²) < 4.78 is 14.4. The number of para-hydroxylation sites is 1. The summed E-state index contributed by atoms with van der Waals surface area (Å²) >= 11 is 0. The molecule has 1 N–H and O–H groups in total. The molecule has 0 aliphatic heterocycles. The summed E-state index contributed by atoms with van der Waals surface area (Å²) in [7, 11) is 0. The molecule has 26 heavy (non-hydrogen) atoms. The maximum Gasteiger partial charge on any atom is 0.339 e. The lowest BCUT2D eigenvalue weighted by atomic mass is 10.1. The minimum absolute atomic E-state index is 0.0888. The Hall–Kier alpha value is -3.54. The molecule has 2 aromatic heterocycles. The summed E-state index contributed by atoms with van der Waals surface area (Å²) in [5.41, 5.74) is 1.57. The van der Waals surface area contributed by atoms with Gasteiger partial charge in [-0.25, -0.2) is 14.2 Å². The molecule has 0 fully saturated rings. The molecule has 5 nitrogen and oxygen atoms in total.